The summed E-state index contributed by atoms with van der Waals surface area (Å²) in [6, 6.07) is 0. The van der Waals surface area contributed by atoms with Gasteiger partial charge in [-0.25, -0.2) is 0 Å². The van der Waals surface area contributed by atoms with E-state index in [9.17, 15) is 9.59 Å². The number of unbranched alkanes of at least 4 members (excludes halogenated alkanes) is 1. The zero-order valence-electron chi connectivity index (χ0n) is 9.84. The number of esters is 1. The van der Waals surface area contributed by atoms with Gasteiger partial charge in [0.15, 0.2) is 0 Å². The highest BCUT2D eigenvalue weighted by atomic mass is 16.5. The minimum Gasteiger partial charge on any atom is -0.469 e. The van der Waals surface area contributed by atoms with Crippen LogP contribution in [-0.4, -0.2) is 25.5 Å². The van der Waals surface area contributed by atoms with Gasteiger partial charge in [-0.1, -0.05) is 20.3 Å². The van der Waals surface area contributed by atoms with Crippen molar-refractivity contribution < 1.29 is 14.3 Å². The molecule has 0 aromatic carbocycles. The van der Waals surface area contributed by atoms with E-state index in [1.807, 2.05) is 6.92 Å². The highest BCUT2D eigenvalue weighted by Gasteiger charge is 2.12. The van der Waals surface area contributed by atoms with E-state index in [0.29, 0.717) is 12.8 Å². The first-order chi connectivity index (χ1) is 7.10. The van der Waals surface area contributed by atoms with Crippen LogP contribution in [0.15, 0.2) is 0 Å². The zero-order chi connectivity index (χ0) is 11.7. The van der Waals surface area contributed by atoms with Crippen LogP contribution in [0.25, 0.3) is 0 Å². The van der Waals surface area contributed by atoms with Gasteiger partial charge < -0.3 is 10.1 Å². The van der Waals surface area contributed by atoms with Crippen LogP contribution in [0.1, 0.15) is 39.5 Å². The third-order valence-electron chi connectivity index (χ3n) is 2.13. The summed E-state index contributed by atoms with van der Waals surface area (Å²) in [5.41, 5.74) is 0. The molecular weight excluding hydrogens is 194 g/mol. The van der Waals surface area contributed by atoms with Gasteiger partial charge in [0.2, 0.25) is 5.91 Å². The van der Waals surface area contributed by atoms with Gasteiger partial charge in [0.1, 0.15) is 0 Å². The Labute approximate surface area is 91.4 Å². The summed E-state index contributed by atoms with van der Waals surface area (Å²) in [4.78, 5) is 22.2. The molecule has 0 heterocycles. The summed E-state index contributed by atoms with van der Waals surface area (Å²) in [5, 5.41) is 2.81. The van der Waals surface area contributed by atoms with Gasteiger partial charge in [0, 0.05) is 19.4 Å². The van der Waals surface area contributed by atoms with Crippen molar-refractivity contribution in [1.29, 1.82) is 0 Å². The predicted octanol–water partition coefficient (Wildman–Crippen LogP) is 1.49. The monoisotopic (exact) mass is 215 g/mol. The molecule has 1 N–H and O–H groups in total. The fraction of sp³-hybridized carbons (Fsp3) is 0.818. The first kappa shape index (κ1) is 13.9. The van der Waals surface area contributed by atoms with Crippen molar-refractivity contribution in [2.45, 2.75) is 39.5 Å². The van der Waals surface area contributed by atoms with Crippen LogP contribution in [0.2, 0.25) is 0 Å². The number of carbonyl (C=O) groups is 2. The summed E-state index contributed by atoms with van der Waals surface area (Å²) in [6.07, 6.45) is 2.76. The highest BCUT2D eigenvalue weighted by Crippen LogP contribution is 2.07. The maximum absolute atomic E-state index is 11.3. The molecule has 1 unspecified atom stereocenters. The molecule has 88 valence electrons. The van der Waals surface area contributed by atoms with E-state index in [-0.39, 0.29) is 17.8 Å². The van der Waals surface area contributed by atoms with Crippen molar-refractivity contribution in [1.82, 2.24) is 5.32 Å². The van der Waals surface area contributed by atoms with Gasteiger partial charge in [-0.05, 0) is 12.3 Å². The number of hydrogen-bond donors (Lipinski definition) is 1. The van der Waals surface area contributed by atoms with Crippen molar-refractivity contribution >= 4 is 11.9 Å². The van der Waals surface area contributed by atoms with Gasteiger partial charge >= 0.3 is 5.97 Å². The molecule has 15 heavy (non-hydrogen) atoms. The molecule has 0 radical (unpaired) electrons. The fourth-order valence-electron chi connectivity index (χ4n) is 1.23. The van der Waals surface area contributed by atoms with Gasteiger partial charge in [0.25, 0.3) is 0 Å². The quantitative estimate of drug-likeness (QED) is 0.517. The van der Waals surface area contributed by atoms with Crippen LogP contribution in [-0.2, 0) is 14.3 Å². The van der Waals surface area contributed by atoms with Crippen molar-refractivity contribution in [3.63, 3.8) is 0 Å². The second-order valence-electron chi connectivity index (χ2n) is 3.79. The molecule has 1 atom stereocenters. The Morgan fingerprint density at radius 2 is 2.00 bits per heavy atom. The number of methoxy groups -OCH3 is 1. The van der Waals surface area contributed by atoms with E-state index in [0.717, 1.165) is 19.4 Å². The van der Waals surface area contributed by atoms with Gasteiger partial charge in [-0.3, -0.25) is 9.59 Å². The van der Waals surface area contributed by atoms with Crippen molar-refractivity contribution in [3.05, 3.63) is 0 Å². The lowest BCUT2D eigenvalue weighted by Crippen LogP contribution is -2.26. The maximum atomic E-state index is 11.3. The van der Waals surface area contributed by atoms with Crippen LogP contribution in [0, 0.1) is 5.92 Å². The number of carbonyl (C=O) groups excluding carboxylic acids is 2. The fourth-order valence-corrected chi connectivity index (χ4v) is 1.23. The highest BCUT2D eigenvalue weighted by molar-refractivity contribution is 5.77. The van der Waals surface area contributed by atoms with Crippen LogP contribution in [0.3, 0.4) is 0 Å². The lowest BCUT2D eigenvalue weighted by molar-refractivity contribution is -0.141. The minimum absolute atomic E-state index is 0.0138. The smallest absolute Gasteiger partial charge is 0.305 e. The molecule has 0 aliphatic carbocycles. The van der Waals surface area contributed by atoms with E-state index in [4.69, 9.17) is 0 Å². The molecule has 4 nitrogen and oxygen atoms in total. The topological polar surface area (TPSA) is 55.4 Å². The predicted molar refractivity (Wildman–Crippen MR) is 58.3 cm³/mol. The summed E-state index contributed by atoms with van der Waals surface area (Å²) >= 11 is 0. The van der Waals surface area contributed by atoms with Crippen molar-refractivity contribution in [3.8, 4) is 0 Å². The van der Waals surface area contributed by atoms with Crippen LogP contribution >= 0.6 is 0 Å². The molecule has 4 heteroatoms. The van der Waals surface area contributed by atoms with E-state index in [2.05, 4.69) is 17.0 Å². The second-order valence-corrected chi connectivity index (χ2v) is 3.79. The van der Waals surface area contributed by atoms with E-state index < -0.39 is 0 Å². The number of nitrogens with one attached hydrogen (secondary N) is 1. The Balaban J connectivity index is 3.62. The zero-order valence-corrected chi connectivity index (χ0v) is 9.84. The minimum atomic E-state index is -0.260. The Hall–Kier alpha value is -1.06. The molecule has 1 amide bonds. The van der Waals surface area contributed by atoms with Crippen molar-refractivity contribution in [2.75, 3.05) is 13.7 Å². The normalized spacial score (nSPS) is 11.9. The lowest BCUT2D eigenvalue weighted by Gasteiger charge is -2.09. The van der Waals surface area contributed by atoms with E-state index in [1.165, 1.54) is 7.11 Å². The molecule has 0 aliphatic heterocycles. The Kier molecular flexibility index (Phi) is 7.68. The standard InChI is InChI=1S/C11H21NO3/c1-4-5-6-12-10(13)7-9(2)8-11(14)15-3/h9H,4-8H2,1-3H3,(H,12,13). The second kappa shape index (κ2) is 8.26. The van der Waals surface area contributed by atoms with Crippen LogP contribution < -0.4 is 5.32 Å². The molecule has 0 saturated carbocycles. The number of ether oxygens (including phenoxy) is 1. The maximum Gasteiger partial charge on any atom is 0.305 e. The molecular formula is C11H21NO3. The molecule has 0 aromatic rings. The molecule has 0 bridgehead atoms. The molecule has 0 spiro atoms. The molecule has 0 aromatic heterocycles. The van der Waals surface area contributed by atoms with Gasteiger partial charge in [-0.15, -0.1) is 0 Å². The summed E-state index contributed by atoms with van der Waals surface area (Å²) < 4.78 is 4.53. The first-order valence-corrected chi connectivity index (χ1v) is 5.43. The van der Waals surface area contributed by atoms with Crippen LogP contribution in [0.5, 0.6) is 0 Å². The summed E-state index contributed by atoms with van der Waals surface area (Å²) in [5.74, 6) is -0.206. The van der Waals surface area contributed by atoms with E-state index in [1.54, 1.807) is 0 Å². The molecule has 0 fully saturated rings. The van der Waals surface area contributed by atoms with Gasteiger partial charge in [0.05, 0.1) is 7.11 Å². The average molecular weight is 215 g/mol. The molecule has 0 rings (SSSR count). The number of rotatable bonds is 7. The van der Waals surface area contributed by atoms with Crippen molar-refractivity contribution in [2.24, 2.45) is 5.92 Å². The largest absolute Gasteiger partial charge is 0.469 e. The first-order valence-electron chi connectivity index (χ1n) is 5.43. The Morgan fingerprint density at radius 3 is 2.53 bits per heavy atom. The SMILES string of the molecule is CCCCNC(=O)CC(C)CC(=O)OC. The average Bonchev–Trinajstić information content (AvgIpc) is 2.17. The number of hydrogen-bond acceptors (Lipinski definition) is 3. The Morgan fingerprint density at radius 1 is 1.33 bits per heavy atom. The summed E-state index contributed by atoms with van der Waals surface area (Å²) in [7, 11) is 1.36. The summed E-state index contributed by atoms with van der Waals surface area (Å²) in [6.45, 7) is 4.67. The molecule has 0 saturated heterocycles. The molecule has 0 aliphatic rings. The van der Waals surface area contributed by atoms with Crippen LogP contribution in [0.4, 0.5) is 0 Å². The lowest BCUT2D eigenvalue weighted by atomic mass is 10.0. The third-order valence-corrected chi connectivity index (χ3v) is 2.13. The number of amides is 1. The third kappa shape index (κ3) is 7.97. The van der Waals surface area contributed by atoms with Gasteiger partial charge in [-0.2, -0.15) is 0 Å². The van der Waals surface area contributed by atoms with E-state index >= 15 is 0 Å². The Bertz CT molecular complexity index is 204.